The fourth-order valence-electron chi connectivity index (χ4n) is 1.68. The number of anilines is 2. The van der Waals surface area contributed by atoms with Gasteiger partial charge < -0.3 is 10.3 Å². The number of rotatable bonds is 3. The van der Waals surface area contributed by atoms with Crippen LogP contribution in [-0.4, -0.2) is 17.9 Å². The lowest BCUT2D eigenvalue weighted by molar-refractivity contribution is 0.0993. The second kappa shape index (κ2) is 5.98. The zero-order chi connectivity index (χ0) is 14.7. The quantitative estimate of drug-likeness (QED) is 0.666. The van der Waals surface area contributed by atoms with Crippen molar-refractivity contribution < 1.29 is 9.18 Å². The molecular formula is C13H12BrFN4O. The van der Waals surface area contributed by atoms with E-state index in [1.807, 2.05) is 0 Å². The Bertz CT molecular complexity index is 633. The van der Waals surface area contributed by atoms with Gasteiger partial charge >= 0.3 is 0 Å². The van der Waals surface area contributed by atoms with E-state index in [0.717, 1.165) is 0 Å². The number of hydrogen-bond acceptors (Lipinski definition) is 4. The molecule has 7 heteroatoms. The maximum Gasteiger partial charge on any atom is 0.261 e. The van der Waals surface area contributed by atoms with Crippen molar-refractivity contribution in [2.24, 2.45) is 5.84 Å². The first kappa shape index (κ1) is 14.4. The molecule has 0 fully saturated rings. The molecular weight excluding hydrogens is 327 g/mol. The van der Waals surface area contributed by atoms with E-state index in [9.17, 15) is 9.18 Å². The van der Waals surface area contributed by atoms with Gasteiger partial charge in [-0.1, -0.05) is 0 Å². The highest BCUT2D eigenvalue weighted by Crippen LogP contribution is 2.22. The van der Waals surface area contributed by atoms with Crippen LogP contribution in [0.5, 0.6) is 0 Å². The second-order valence-electron chi connectivity index (χ2n) is 4.03. The monoisotopic (exact) mass is 338 g/mol. The van der Waals surface area contributed by atoms with Crippen molar-refractivity contribution in [3.05, 3.63) is 52.4 Å². The summed E-state index contributed by atoms with van der Waals surface area (Å²) in [6.07, 6.45) is 1.53. The van der Waals surface area contributed by atoms with E-state index in [2.05, 4.69) is 26.3 Å². The third-order valence-electron chi connectivity index (χ3n) is 2.74. The van der Waals surface area contributed by atoms with Crippen molar-refractivity contribution in [1.29, 1.82) is 0 Å². The molecule has 0 saturated carbocycles. The van der Waals surface area contributed by atoms with Gasteiger partial charge in [0.25, 0.3) is 5.91 Å². The van der Waals surface area contributed by atoms with Crippen LogP contribution in [0.3, 0.4) is 0 Å². The summed E-state index contributed by atoms with van der Waals surface area (Å²) in [4.78, 5) is 17.8. The minimum absolute atomic E-state index is 0.271. The molecule has 3 N–H and O–H groups in total. The maximum atomic E-state index is 12.9. The van der Waals surface area contributed by atoms with Gasteiger partial charge in [-0.3, -0.25) is 4.79 Å². The van der Waals surface area contributed by atoms with Gasteiger partial charge in [0.1, 0.15) is 5.82 Å². The minimum atomic E-state index is -0.358. The van der Waals surface area contributed by atoms with Crippen LogP contribution in [-0.2, 0) is 0 Å². The summed E-state index contributed by atoms with van der Waals surface area (Å²) in [6, 6.07) is 7.24. The molecule has 0 saturated heterocycles. The standard InChI is InChI=1S/C13H12BrFN4O/c1-19(10-4-2-9(15)3-5-10)13(20)11-6-8(14)7-17-12(11)18-16/h2-7H,16H2,1H3,(H,17,18). The Balaban J connectivity index is 2.35. The lowest BCUT2D eigenvalue weighted by Crippen LogP contribution is -2.28. The number of benzene rings is 1. The number of carbonyl (C=O) groups excluding carboxylic acids is 1. The zero-order valence-electron chi connectivity index (χ0n) is 10.6. The molecule has 1 heterocycles. The van der Waals surface area contributed by atoms with Gasteiger partial charge in [-0.15, -0.1) is 0 Å². The Hall–Kier alpha value is -1.99. The highest BCUT2D eigenvalue weighted by molar-refractivity contribution is 9.10. The van der Waals surface area contributed by atoms with Crippen molar-refractivity contribution in [1.82, 2.24) is 4.98 Å². The smallest absolute Gasteiger partial charge is 0.261 e. The second-order valence-corrected chi connectivity index (χ2v) is 4.95. The number of hydrazine groups is 1. The van der Waals surface area contributed by atoms with Gasteiger partial charge in [-0.2, -0.15) is 0 Å². The molecule has 1 aromatic carbocycles. The summed E-state index contributed by atoms with van der Waals surface area (Å²) < 4.78 is 13.6. The molecule has 0 aliphatic rings. The Morgan fingerprint density at radius 3 is 2.65 bits per heavy atom. The van der Waals surface area contributed by atoms with Gasteiger partial charge in [0.15, 0.2) is 5.82 Å². The number of carbonyl (C=O) groups is 1. The SMILES string of the molecule is CN(C(=O)c1cc(Br)cnc1NN)c1ccc(F)cc1. The van der Waals surface area contributed by atoms with Crippen molar-refractivity contribution in [2.45, 2.75) is 0 Å². The van der Waals surface area contributed by atoms with E-state index in [-0.39, 0.29) is 17.5 Å². The molecule has 104 valence electrons. The Kier molecular flexibility index (Phi) is 4.31. The van der Waals surface area contributed by atoms with Crippen molar-refractivity contribution in [3.63, 3.8) is 0 Å². The Morgan fingerprint density at radius 2 is 2.05 bits per heavy atom. The predicted octanol–water partition coefficient (Wildman–Crippen LogP) is 2.55. The molecule has 1 amide bonds. The number of hydrogen-bond donors (Lipinski definition) is 2. The van der Waals surface area contributed by atoms with Crippen molar-refractivity contribution in [3.8, 4) is 0 Å². The van der Waals surface area contributed by atoms with E-state index < -0.39 is 0 Å². The van der Waals surface area contributed by atoms with Gasteiger partial charge in [-0.25, -0.2) is 15.2 Å². The van der Waals surface area contributed by atoms with Gasteiger partial charge in [0.2, 0.25) is 0 Å². The first-order valence-electron chi connectivity index (χ1n) is 5.68. The molecule has 0 aliphatic heterocycles. The average Bonchev–Trinajstić information content (AvgIpc) is 2.46. The Labute approximate surface area is 123 Å². The summed E-state index contributed by atoms with van der Waals surface area (Å²) >= 11 is 3.26. The first-order valence-corrected chi connectivity index (χ1v) is 6.48. The van der Waals surface area contributed by atoms with Crippen molar-refractivity contribution >= 4 is 33.3 Å². The van der Waals surface area contributed by atoms with Gasteiger partial charge in [0.05, 0.1) is 5.56 Å². The third-order valence-corrected chi connectivity index (χ3v) is 3.17. The number of aromatic nitrogens is 1. The largest absolute Gasteiger partial charge is 0.311 e. The number of halogens is 2. The normalized spacial score (nSPS) is 10.2. The minimum Gasteiger partial charge on any atom is -0.311 e. The summed E-state index contributed by atoms with van der Waals surface area (Å²) in [6.45, 7) is 0. The number of nitrogens with zero attached hydrogens (tertiary/aromatic N) is 2. The molecule has 0 unspecified atom stereocenters. The molecule has 0 bridgehead atoms. The third kappa shape index (κ3) is 2.94. The number of amides is 1. The molecule has 0 spiro atoms. The van der Waals surface area contributed by atoms with Crippen LogP contribution in [0.25, 0.3) is 0 Å². The lowest BCUT2D eigenvalue weighted by Gasteiger charge is -2.18. The van der Waals surface area contributed by atoms with E-state index in [4.69, 9.17) is 5.84 Å². The van der Waals surface area contributed by atoms with E-state index in [1.165, 1.54) is 35.4 Å². The van der Waals surface area contributed by atoms with Crippen LogP contribution in [0.4, 0.5) is 15.9 Å². The van der Waals surface area contributed by atoms with Crippen LogP contribution in [0, 0.1) is 5.82 Å². The molecule has 2 rings (SSSR count). The topological polar surface area (TPSA) is 71.2 Å². The number of nitrogens with one attached hydrogen (secondary N) is 1. The average molecular weight is 339 g/mol. The van der Waals surface area contributed by atoms with E-state index in [1.54, 1.807) is 13.1 Å². The number of nitrogens with two attached hydrogens (primary N) is 1. The first-order chi connectivity index (χ1) is 9.52. The van der Waals surface area contributed by atoms with Crippen LogP contribution in [0.15, 0.2) is 41.0 Å². The van der Waals surface area contributed by atoms with E-state index >= 15 is 0 Å². The predicted molar refractivity (Wildman–Crippen MR) is 78.9 cm³/mol. The number of pyridine rings is 1. The fourth-order valence-corrected chi connectivity index (χ4v) is 2.01. The maximum absolute atomic E-state index is 12.9. The highest BCUT2D eigenvalue weighted by Gasteiger charge is 2.18. The van der Waals surface area contributed by atoms with E-state index in [0.29, 0.717) is 15.7 Å². The summed E-state index contributed by atoms with van der Waals surface area (Å²) in [5, 5.41) is 0. The van der Waals surface area contributed by atoms with Crippen LogP contribution in [0.2, 0.25) is 0 Å². The lowest BCUT2D eigenvalue weighted by atomic mass is 10.2. The molecule has 0 aliphatic carbocycles. The molecule has 0 radical (unpaired) electrons. The summed E-state index contributed by atoms with van der Waals surface area (Å²) in [5.74, 6) is 4.95. The zero-order valence-corrected chi connectivity index (χ0v) is 12.2. The van der Waals surface area contributed by atoms with Crippen molar-refractivity contribution in [2.75, 3.05) is 17.4 Å². The molecule has 0 atom stereocenters. The summed E-state index contributed by atoms with van der Waals surface area (Å²) in [5.41, 5.74) is 3.26. The molecule has 2 aromatic rings. The molecule has 20 heavy (non-hydrogen) atoms. The Morgan fingerprint density at radius 1 is 1.40 bits per heavy atom. The molecule has 5 nitrogen and oxygen atoms in total. The highest BCUT2D eigenvalue weighted by atomic mass is 79.9. The number of nitrogen functional groups attached to an aromatic ring is 1. The summed E-state index contributed by atoms with van der Waals surface area (Å²) in [7, 11) is 1.59. The van der Waals surface area contributed by atoms with Gasteiger partial charge in [-0.05, 0) is 46.3 Å². The fraction of sp³-hybridized carbons (Fsp3) is 0.0769. The van der Waals surface area contributed by atoms with Crippen LogP contribution < -0.4 is 16.2 Å². The molecule has 1 aromatic heterocycles. The van der Waals surface area contributed by atoms with Crippen LogP contribution >= 0.6 is 15.9 Å². The van der Waals surface area contributed by atoms with Crippen LogP contribution in [0.1, 0.15) is 10.4 Å². The van der Waals surface area contributed by atoms with Gasteiger partial charge in [0, 0.05) is 23.4 Å².